The van der Waals surface area contributed by atoms with Crippen LogP contribution in [0.5, 0.6) is 0 Å². The standard InChI is InChI=1S/C15H21N5O2/c1-10-8-17-20(9-10)15-12(7-13(15)21)18-14(22)4-3-11-5-6-16-19(11)2/h5-6,8-9,12-13,15,21H,3-4,7H2,1-2H3,(H,18,22)/t12-,13+,15+/m0/s1. The minimum Gasteiger partial charge on any atom is -0.391 e. The Kier molecular flexibility index (Phi) is 3.98. The first-order valence-corrected chi connectivity index (χ1v) is 7.49. The first-order valence-electron chi connectivity index (χ1n) is 7.49. The molecule has 3 rings (SSSR count). The van der Waals surface area contributed by atoms with Crippen molar-refractivity contribution in [1.29, 1.82) is 0 Å². The predicted molar refractivity (Wildman–Crippen MR) is 80.1 cm³/mol. The second kappa shape index (κ2) is 5.92. The number of aromatic nitrogens is 4. The molecule has 1 amide bonds. The summed E-state index contributed by atoms with van der Waals surface area (Å²) in [5.41, 5.74) is 2.07. The Hall–Kier alpha value is -2.15. The van der Waals surface area contributed by atoms with E-state index in [0.29, 0.717) is 19.3 Å². The summed E-state index contributed by atoms with van der Waals surface area (Å²) in [5.74, 6) is -0.00743. The van der Waals surface area contributed by atoms with Gasteiger partial charge in [0.2, 0.25) is 5.91 Å². The highest BCUT2D eigenvalue weighted by atomic mass is 16.3. The zero-order chi connectivity index (χ0) is 15.7. The van der Waals surface area contributed by atoms with Crippen molar-refractivity contribution in [2.75, 3.05) is 0 Å². The lowest BCUT2D eigenvalue weighted by Crippen LogP contribution is -2.56. The van der Waals surface area contributed by atoms with Crippen LogP contribution in [-0.2, 0) is 18.3 Å². The number of carbonyl (C=O) groups excluding carboxylic acids is 1. The SMILES string of the molecule is Cc1cnn([C@H]2[C@H](O)C[C@@H]2NC(=O)CCc2ccnn2C)c1. The smallest absolute Gasteiger partial charge is 0.220 e. The molecule has 1 fully saturated rings. The number of hydrogen-bond acceptors (Lipinski definition) is 4. The molecule has 0 saturated heterocycles. The molecule has 2 heterocycles. The summed E-state index contributed by atoms with van der Waals surface area (Å²) in [6, 6.07) is 1.68. The van der Waals surface area contributed by atoms with Crippen LogP contribution in [0, 0.1) is 6.92 Å². The molecule has 1 aliphatic rings. The molecular formula is C15H21N5O2. The van der Waals surface area contributed by atoms with Crippen LogP contribution in [0.4, 0.5) is 0 Å². The van der Waals surface area contributed by atoms with Gasteiger partial charge in [0.25, 0.3) is 0 Å². The van der Waals surface area contributed by atoms with Crippen molar-refractivity contribution < 1.29 is 9.90 Å². The molecule has 7 nitrogen and oxygen atoms in total. The zero-order valence-corrected chi connectivity index (χ0v) is 12.8. The molecule has 1 aliphatic carbocycles. The minimum absolute atomic E-state index is 0.00743. The van der Waals surface area contributed by atoms with Gasteiger partial charge >= 0.3 is 0 Å². The normalized spacial score (nSPS) is 24.0. The number of nitrogens with zero attached hydrogens (tertiary/aromatic N) is 4. The highest BCUT2D eigenvalue weighted by Gasteiger charge is 2.42. The van der Waals surface area contributed by atoms with E-state index in [-0.39, 0.29) is 18.0 Å². The second-order valence-corrected chi connectivity index (χ2v) is 5.91. The van der Waals surface area contributed by atoms with Gasteiger partial charge in [-0.05, 0) is 31.4 Å². The largest absolute Gasteiger partial charge is 0.391 e. The fourth-order valence-electron chi connectivity index (χ4n) is 2.88. The first-order chi connectivity index (χ1) is 10.5. The topological polar surface area (TPSA) is 85.0 Å². The number of hydrogen-bond donors (Lipinski definition) is 2. The maximum Gasteiger partial charge on any atom is 0.220 e. The molecule has 2 N–H and O–H groups in total. The van der Waals surface area contributed by atoms with E-state index in [0.717, 1.165) is 11.3 Å². The van der Waals surface area contributed by atoms with E-state index < -0.39 is 6.10 Å². The molecule has 0 radical (unpaired) electrons. The molecule has 118 valence electrons. The molecule has 2 aromatic heterocycles. The first kappa shape index (κ1) is 14.8. The van der Waals surface area contributed by atoms with Crippen LogP contribution in [0.15, 0.2) is 24.7 Å². The molecule has 1 saturated carbocycles. The Morgan fingerprint density at radius 2 is 2.32 bits per heavy atom. The maximum absolute atomic E-state index is 12.1. The van der Waals surface area contributed by atoms with Crippen molar-refractivity contribution in [3.8, 4) is 0 Å². The molecule has 0 aromatic carbocycles. The minimum atomic E-state index is -0.457. The fraction of sp³-hybridized carbons (Fsp3) is 0.533. The second-order valence-electron chi connectivity index (χ2n) is 5.91. The van der Waals surface area contributed by atoms with E-state index in [1.165, 1.54) is 0 Å². The van der Waals surface area contributed by atoms with E-state index in [9.17, 15) is 9.90 Å². The van der Waals surface area contributed by atoms with Crippen molar-refractivity contribution in [2.24, 2.45) is 7.05 Å². The van der Waals surface area contributed by atoms with E-state index in [2.05, 4.69) is 15.5 Å². The van der Waals surface area contributed by atoms with Crippen LogP contribution in [-0.4, -0.2) is 42.7 Å². The number of aliphatic hydroxyl groups is 1. The number of aliphatic hydroxyl groups excluding tert-OH is 1. The van der Waals surface area contributed by atoms with Gasteiger partial charge in [0.15, 0.2) is 0 Å². The van der Waals surface area contributed by atoms with Crippen LogP contribution in [0.2, 0.25) is 0 Å². The zero-order valence-electron chi connectivity index (χ0n) is 12.8. The summed E-state index contributed by atoms with van der Waals surface area (Å²) >= 11 is 0. The average molecular weight is 303 g/mol. The predicted octanol–water partition coefficient (Wildman–Crippen LogP) is 0.348. The number of amides is 1. The summed E-state index contributed by atoms with van der Waals surface area (Å²) < 4.78 is 3.52. The summed E-state index contributed by atoms with van der Waals surface area (Å²) in [6.45, 7) is 1.95. The molecule has 2 aromatic rings. The number of aryl methyl sites for hydroxylation is 3. The van der Waals surface area contributed by atoms with Gasteiger partial charge in [-0.2, -0.15) is 10.2 Å². The monoisotopic (exact) mass is 303 g/mol. The van der Waals surface area contributed by atoms with Gasteiger partial charge in [-0.25, -0.2) is 0 Å². The third-order valence-corrected chi connectivity index (χ3v) is 4.22. The molecule has 0 bridgehead atoms. The maximum atomic E-state index is 12.1. The summed E-state index contributed by atoms with van der Waals surface area (Å²) in [5, 5.41) is 21.3. The Morgan fingerprint density at radius 3 is 2.91 bits per heavy atom. The Balaban J connectivity index is 1.54. The van der Waals surface area contributed by atoms with Crippen LogP contribution in [0.25, 0.3) is 0 Å². The van der Waals surface area contributed by atoms with Gasteiger partial charge in [0.05, 0.1) is 24.4 Å². The molecule has 0 unspecified atom stereocenters. The van der Waals surface area contributed by atoms with Crippen LogP contribution in [0.1, 0.15) is 30.1 Å². The summed E-state index contributed by atoms with van der Waals surface area (Å²) in [4.78, 5) is 12.1. The highest BCUT2D eigenvalue weighted by molar-refractivity contribution is 5.76. The van der Waals surface area contributed by atoms with Gasteiger partial charge < -0.3 is 10.4 Å². The molecule has 22 heavy (non-hydrogen) atoms. The van der Waals surface area contributed by atoms with Crippen molar-refractivity contribution in [3.05, 3.63) is 35.9 Å². The van der Waals surface area contributed by atoms with Gasteiger partial charge in [-0.3, -0.25) is 14.2 Å². The number of carbonyl (C=O) groups is 1. The molecule has 3 atom stereocenters. The van der Waals surface area contributed by atoms with E-state index in [1.807, 2.05) is 26.2 Å². The van der Waals surface area contributed by atoms with Crippen molar-refractivity contribution in [3.63, 3.8) is 0 Å². The van der Waals surface area contributed by atoms with Crippen LogP contribution >= 0.6 is 0 Å². The summed E-state index contributed by atoms with van der Waals surface area (Å²) in [6.07, 6.45) is 6.56. The average Bonchev–Trinajstić information content (AvgIpc) is 3.05. The fourth-order valence-corrected chi connectivity index (χ4v) is 2.88. The number of nitrogens with one attached hydrogen (secondary N) is 1. The van der Waals surface area contributed by atoms with Gasteiger partial charge in [-0.15, -0.1) is 0 Å². The van der Waals surface area contributed by atoms with Crippen molar-refractivity contribution in [1.82, 2.24) is 24.9 Å². The van der Waals surface area contributed by atoms with E-state index >= 15 is 0 Å². The third-order valence-electron chi connectivity index (χ3n) is 4.22. The quantitative estimate of drug-likeness (QED) is 0.834. The Morgan fingerprint density at radius 1 is 1.50 bits per heavy atom. The lowest BCUT2D eigenvalue weighted by atomic mass is 9.83. The van der Waals surface area contributed by atoms with E-state index in [4.69, 9.17) is 0 Å². The highest BCUT2D eigenvalue weighted by Crippen LogP contribution is 2.32. The van der Waals surface area contributed by atoms with Crippen molar-refractivity contribution in [2.45, 2.75) is 44.4 Å². The Bertz CT molecular complexity index is 662. The number of rotatable bonds is 5. The van der Waals surface area contributed by atoms with E-state index in [1.54, 1.807) is 21.8 Å². The lowest BCUT2D eigenvalue weighted by molar-refractivity contribution is -0.124. The Labute approximate surface area is 128 Å². The molecule has 0 aliphatic heterocycles. The molecular weight excluding hydrogens is 282 g/mol. The van der Waals surface area contributed by atoms with Gasteiger partial charge in [-0.1, -0.05) is 0 Å². The lowest BCUT2D eigenvalue weighted by Gasteiger charge is -2.41. The molecule has 0 spiro atoms. The third kappa shape index (κ3) is 2.89. The molecule has 7 heteroatoms. The van der Waals surface area contributed by atoms with Crippen LogP contribution < -0.4 is 5.32 Å². The van der Waals surface area contributed by atoms with Crippen LogP contribution in [0.3, 0.4) is 0 Å². The van der Waals surface area contributed by atoms with Crippen molar-refractivity contribution >= 4 is 5.91 Å². The van der Waals surface area contributed by atoms with Gasteiger partial charge in [0.1, 0.15) is 0 Å². The van der Waals surface area contributed by atoms with Gasteiger partial charge in [0, 0.05) is 31.6 Å². The summed E-state index contributed by atoms with van der Waals surface area (Å²) in [7, 11) is 1.87.